The average molecular weight is 322 g/mol. The van der Waals surface area contributed by atoms with Gasteiger partial charge in [-0.1, -0.05) is 12.1 Å². The van der Waals surface area contributed by atoms with Crippen LogP contribution in [-0.4, -0.2) is 9.91 Å². The van der Waals surface area contributed by atoms with Crippen LogP contribution in [0.2, 0.25) is 0 Å². The lowest BCUT2D eigenvalue weighted by atomic mass is 10.1. The highest BCUT2D eigenvalue weighted by molar-refractivity contribution is 5.50. The first-order chi connectivity index (χ1) is 10.8. The number of nitro groups is 1. The Labute approximate surface area is 128 Å². The van der Waals surface area contributed by atoms with Crippen molar-refractivity contribution in [1.82, 2.24) is 4.98 Å². The lowest BCUT2D eigenvalue weighted by molar-refractivity contribution is -0.385. The van der Waals surface area contributed by atoms with Gasteiger partial charge in [-0.15, -0.1) is 0 Å². The number of halogens is 3. The van der Waals surface area contributed by atoms with Gasteiger partial charge in [0.1, 0.15) is 11.9 Å². The summed E-state index contributed by atoms with van der Waals surface area (Å²) in [6, 6.07) is 8.63. The number of pyridine rings is 1. The molecule has 118 valence electrons. The smallest absolute Gasteiger partial charge is 0.366 e. The molecule has 6 nitrogen and oxygen atoms in total. The molecule has 0 saturated heterocycles. The summed E-state index contributed by atoms with van der Waals surface area (Å²) in [5.41, 5.74) is -0.932. The maximum atomic E-state index is 12.4. The van der Waals surface area contributed by atoms with E-state index in [2.05, 4.69) is 10.3 Å². The number of nitrogens with zero attached hydrogens (tertiary/aromatic N) is 3. The van der Waals surface area contributed by atoms with Gasteiger partial charge in [0.25, 0.3) is 0 Å². The Bertz CT molecular complexity index is 767. The second-order valence-corrected chi connectivity index (χ2v) is 4.48. The lowest BCUT2D eigenvalue weighted by Gasteiger charge is -2.09. The number of anilines is 1. The number of hydrogen-bond donors (Lipinski definition) is 1. The molecule has 1 N–H and O–H groups in total. The van der Waals surface area contributed by atoms with Crippen LogP contribution >= 0.6 is 0 Å². The Kier molecular flexibility index (Phi) is 4.45. The molecular weight excluding hydrogens is 313 g/mol. The van der Waals surface area contributed by atoms with E-state index in [1.54, 1.807) is 6.07 Å². The van der Waals surface area contributed by atoms with Crippen molar-refractivity contribution in [3.8, 4) is 6.07 Å². The van der Waals surface area contributed by atoms with Gasteiger partial charge in [-0.2, -0.15) is 18.4 Å². The van der Waals surface area contributed by atoms with Crippen LogP contribution in [0, 0.1) is 21.4 Å². The molecule has 0 unspecified atom stereocenters. The fourth-order valence-electron chi connectivity index (χ4n) is 1.78. The Morgan fingerprint density at radius 2 is 1.87 bits per heavy atom. The summed E-state index contributed by atoms with van der Waals surface area (Å²) in [6.45, 7) is 0.161. The normalized spacial score (nSPS) is 10.9. The number of hydrogen-bond acceptors (Lipinski definition) is 5. The molecule has 2 aromatic rings. The second kappa shape index (κ2) is 6.31. The Hall–Kier alpha value is -3.15. The van der Waals surface area contributed by atoms with Gasteiger partial charge in [-0.25, -0.2) is 4.98 Å². The maximum Gasteiger partial charge on any atom is 0.416 e. The molecule has 1 aromatic heterocycles. The molecule has 1 heterocycles. The first kappa shape index (κ1) is 16.2. The topological polar surface area (TPSA) is 91.8 Å². The molecule has 0 spiro atoms. The number of nitrogens with one attached hydrogen (secondary N) is 1. The van der Waals surface area contributed by atoms with Gasteiger partial charge >= 0.3 is 11.9 Å². The fraction of sp³-hybridized carbons (Fsp3) is 0.143. The van der Waals surface area contributed by atoms with Gasteiger partial charge < -0.3 is 5.32 Å². The van der Waals surface area contributed by atoms with Crippen molar-refractivity contribution in [3.05, 3.63) is 63.3 Å². The molecule has 0 aliphatic carbocycles. The van der Waals surface area contributed by atoms with Crippen LogP contribution in [0.3, 0.4) is 0 Å². The maximum absolute atomic E-state index is 12.4. The number of rotatable bonds is 4. The third kappa shape index (κ3) is 3.94. The summed E-state index contributed by atoms with van der Waals surface area (Å²) < 4.78 is 37.3. The van der Waals surface area contributed by atoms with E-state index in [0.29, 0.717) is 5.56 Å². The van der Waals surface area contributed by atoms with E-state index in [0.717, 1.165) is 18.2 Å². The average Bonchev–Trinajstić information content (AvgIpc) is 2.52. The third-order valence-corrected chi connectivity index (χ3v) is 2.93. The van der Waals surface area contributed by atoms with Crippen LogP contribution in [-0.2, 0) is 12.7 Å². The third-order valence-electron chi connectivity index (χ3n) is 2.93. The van der Waals surface area contributed by atoms with E-state index in [1.807, 2.05) is 0 Å². The van der Waals surface area contributed by atoms with Crippen molar-refractivity contribution >= 4 is 11.5 Å². The molecule has 0 bridgehead atoms. The van der Waals surface area contributed by atoms with Crippen LogP contribution in [0.4, 0.5) is 24.7 Å². The zero-order valence-electron chi connectivity index (χ0n) is 11.5. The van der Waals surface area contributed by atoms with Crippen LogP contribution in [0.25, 0.3) is 0 Å². The largest absolute Gasteiger partial charge is 0.416 e. The Morgan fingerprint density at radius 3 is 2.39 bits per heavy atom. The molecule has 0 fully saturated rings. The Morgan fingerprint density at radius 1 is 1.22 bits per heavy atom. The summed E-state index contributed by atoms with van der Waals surface area (Å²) in [5.74, 6) is 0.215. The van der Waals surface area contributed by atoms with Gasteiger partial charge in [-0.3, -0.25) is 10.1 Å². The molecule has 0 aliphatic heterocycles. The van der Waals surface area contributed by atoms with Gasteiger partial charge in [0.2, 0.25) is 5.69 Å². The van der Waals surface area contributed by atoms with E-state index in [-0.39, 0.29) is 18.1 Å². The summed E-state index contributed by atoms with van der Waals surface area (Å²) in [5, 5.41) is 22.3. The first-order valence-electron chi connectivity index (χ1n) is 6.27. The molecule has 0 atom stereocenters. The van der Waals surface area contributed by atoms with E-state index in [1.165, 1.54) is 18.2 Å². The number of alkyl halides is 3. The zero-order valence-corrected chi connectivity index (χ0v) is 11.5. The van der Waals surface area contributed by atoms with Crippen LogP contribution in [0.1, 0.15) is 16.8 Å². The van der Waals surface area contributed by atoms with Gasteiger partial charge in [0, 0.05) is 12.6 Å². The highest BCUT2D eigenvalue weighted by Crippen LogP contribution is 2.29. The van der Waals surface area contributed by atoms with Crippen LogP contribution in [0.5, 0.6) is 0 Å². The van der Waals surface area contributed by atoms with E-state index < -0.39 is 22.4 Å². The van der Waals surface area contributed by atoms with Crippen molar-refractivity contribution in [2.24, 2.45) is 0 Å². The fourth-order valence-corrected chi connectivity index (χ4v) is 1.78. The van der Waals surface area contributed by atoms with Gasteiger partial charge in [0.05, 0.1) is 10.5 Å². The molecule has 1 aromatic carbocycles. The summed E-state index contributed by atoms with van der Waals surface area (Å²) in [4.78, 5) is 13.8. The molecule has 0 radical (unpaired) electrons. The first-order valence-corrected chi connectivity index (χ1v) is 6.27. The number of benzene rings is 1. The van der Waals surface area contributed by atoms with Crippen molar-refractivity contribution in [2.75, 3.05) is 5.32 Å². The van der Waals surface area contributed by atoms with Crippen molar-refractivity contribution in [1.29, 1.82) is 5.26 Å². The summed E-state index contributed by atoms with van der Waals surface area (Å²) >= 11 is 0. The van der Waals surface area contributed by atoms with Crippen LogP contribution in [0.15, 0.2) is 36.4 Å². The molecule has 23 heavy (non-hydrogen) atoms. The summed E-state index contributed by atoms with van der Waals surface area (Å²) in [6.07, 6.45) is -4.40. The van der Waals surface area contributed by atoms with Crippen molar-refractivity contribution in [3.63, 3.8) is 0 Å². The van der Waals surface area contributed by atoms with E-state index in [9.17, 15) is 23.3 Å². The van der Waals surface area contributed by atoms with Crippen molar-refractivity contribution < 1.29 is 18.1 Å². The lowest BCUT2D eigenvalue weighted by Crippen LogP contribution is -2.06. The zero-order chi connectivity index (χ0) is 17.0. The number of aromatic nitrogens is 1. The van der Waals surface area contributed by atoms with Crippen LogP contribution < -0.4 is 5.32 Å². The highest BCUT2D eigenvalue weighted by atomic mass is 19.4. The number of nitriles is 1. The SMILES string of the molecule is N#Cc1nc(NCc2ccc(C(F)(F)F)cc2)ccc1[N+](=O)[O-]. The van der Waals surface area contributed by atoms with Gasteiger partial charge in [0.15, 0.2) is 0 Å². The predicted molar refractivity (Wildman–Crippen MR) is 74.4 cm³/mol. The van der Waals surface area contributed by atoms with E-state index in [4.69, 9.17) is 5.26 Å². The highest BCUT2D eigenvalue weighted by Gasteiger charge is 2.29. The van der Waals surface area contributed by atoms with E-state index >= 15 is 0 Å². The minimum atomic E-state index is -4.40. The summed E-state index contributed by atoms with van der Waals surface area (Å²) in [7, 11) is 0. The minimum Gasteiger partial charge on any atom is -0.366 e. The molecule has 0 amide bonds. The molecule has 0 aliphatic rings. The van der Waals surface area contributed by atoms with Gasteiger partial charge in [-0.05, 0) is 23.8 Å². The predicted octanol–water partition coefficient (Wildman–Crippen LogP) is 3.49. The molecule has 2 rings (SSSR count). The standard InChI is InChI=1S/C14H9F3N4O2/c15-14(16,17)10-3-1-9(2-4-10)8-19-13-6-5-12(21(22)23)11(7-18)20-13/h1-6H,8H2,(H,19,20). The molecule has 9 heteroatoms. The molecule has 0 saturated carbocycles. The second-order valence-electron chi connectivity index (χ2n) is 4.48. The Balaban J connectivity index is 2.09. The molecular formula is C14H9F3N4O2. The quantitative estimate of drug-likeness (QED) is 0.687. The minimum absolute atomic E-state index is 0.161. The monoisotopic (exact) mass is 322 g/mol. The van der Waals surface area contributed by atoms with Crippen molar-refractivity contribution in [2.45, 2.75) is 12.7 Å².